The molecular formula is C10H9N3O2. The van der Waals surface area contributed by atoms with Gasteiger partial charge in [-0.2, -0.15) is 0 Å². The SMILES string of the molecule is NNc1[nH]c(=O)c(O)c2cc3c(cc12)C3. The second-order valence-corrected chi connectivity index (χ2v) is 3.67. The minimum atomic E-state index is -0.531. The number of H-pyrrole nitrogens is 1. The predicted molar refractivity (Wildman–Crippen MR) is 56.8 cm³/mol. The number of fused-ring (bicyclic) bond motifs is 2. The largest absolute Gasteiger partial charge is 0.503 e. The van der Waals surface area contributed by atoms with Crippen molar-refractivity contribution in [3.05, 3.63) is 33.6 Å². The van der Waals surface area contributed by atoms with Crippen molar-refractivity contribution >= 4 is 16.6 Å². The van der Waals surface area contributed by atoms with E-state index in [1.807, 2.05) is 12.1 Å². The number of hydrogen-bond acceptors (Lipinski definition) is 4. The molecule has 0 atom stereocenters. The molecule has 0 saturated heterocycles. The van der Waals surface area contributed by atoms with Crippen molar-refractivity contribution in [2.45, 2.75) is 6.42 Å². The average Bonchev–Trinajstić information content (AvgIpc) is 2.99. The Morgan fingerprint density at radius 2 is 2.00 bits per heavy atom. The summed E-state index contributed by atoms with van der Waals surface area (Å²) < 4.78 is 0. The van der Waals surface area contributed by atoms with Crippen molar-refractivity contribution in [3.63, 3.8) is 0 Å². The summed E-state index contributed by atoms with van der Waals surface area (Å²) in [6.45, 7) is 0. The first-order valence-corrected chi connectivity index (χ1v) is 4.58. The molecule has 0 spiro atoms. The third kappa shape index (κ3) is 1.04. The van der Waals surface area contributed by atoms with Crippen molar-refractivity contribution in [1.82, 2.24) is 4.98 Å². The van der Waals surface area contributed by atoms with Gasteiger partial charge >= 0.3 is 0 Å². The van der Waals surface area contributed by atoms with Gasteiger partial charge in [0.05, 0.1) is 0 Å². The molecule has 1 aliphatic rings. The van der Waals surface area contributed by atoms with Crippen LogP contribution in [0.25, 0.3) is 10.8 Å². The van der Waals surface area contributed by atoms with E-state index in [1.54, 1.807) is 0 Å². The fraction of sp³-hybridized carbons (Fsp3) is 0.100. The summed E-state index contributed by atoms with van der Waals surface area (Å²) >= 11 is 0. The molecule has 1 aromatic heterocycles. The maximum atomic E-state index is 11.3. The lowest BCUT2D eigenvalue weighted by atomic mass is 10.1. The minimum Gasteiger partial charge on any atom is -0.503 e. The van der Waals surface area contributed by atoms with E-state index in [-0.39, 0.29) is 5.75 Å². The van der Waals surface area contributed by atoms with Crippen LogP contribution in [0, 0.1) is 0 Å². The lowest BCUT2D eigenvalue weighted by Gasteiger charge is -2.05. The zero-order valence-corrected chi connectivity index (χ0v) is 7.79. The highest BCUT2D eigenvalue weighted by Gasteiger charge is 2.20. The van der Waals surface area contributed by atoms with Gasteiger partial charge in [-0.05, 0) is 29.7 Å². The van der Waals surface area contributed by atoms with Gasteiger partial charge in [0.2, 0.25) is 0 Å². The molecule has 5 nitrogen and oxygen atoms in total. The van der Waals surface area contributed by atoms with Gasteiger partial charge in [-0.15, -0.1) is 0 Å². The van der Waals surface area contributed by atoms with Gasteiger partial charge in [-0.25, -0.2) is 5.84 Å². The van der Waals surface area contributed by atoms with Crippen molar-refractivity contribution in [2.75, 3.05) is 5.43 Å². The predicted octanol–water partition coefficient (Wildman–Crippen LogP) is 0.423. The molecule has 0 radical (unpaired) electrons. The Morgan fingerprint density at radius 1 is 1.33 bits per heavy atom. The van der Waals surface area contributed by atoms with Gasteiger partial charge in [0.25, 0.3) is 5.56 Å². The number of rotatable bonds is 1. The summed E-state index contributed by atoms with van der Waals surface area (Å²) in [5, 5.41) is 10.9. The van der Waals surface area contributed by atoms with Gasteiger partial charge in [-0.1, -0.05) is 0 Å². The number of hydrazine groups is 1. The number of aromatic hydroxyl groups is 1. The summed E-state index contributed by atoms with van der Waals surface area (Å²) in [6.07, 6.45) is 0.923. The van der Waals surface area contributed by atoms with E-state index in [0.29, 0.717) is 11.2 Å². The smallest absolute Gasteiger partial charge is 0.292 e. The van der Waals surface area contributed by atoms with Crippen LogP contribution in [0.2, 0.25) is 0 Å². The molecular weight excluding hydrogens is 194 g/mol. The first-order chi connectivity index (χ1) is 7.20. The van der Waals surface area contributed by atoms with E-state index in [2.05, 4.69) is 10.4 Å². The van der Waals surface area contributed by atoms with Gasteiger partial charge in [0.15, 0.2) is 5.75 Å². The molecule has 0 bridgehead atoms. The highest BCUT2D eigenvalue weighted by molar-refractivity contribution is 5.97. The Kier molecular flexibility index (Phi) is 1.39. The number of aromatic amines is 1. The summed E-state index contributed by atoms with van der Waals surface area (Å²) in [5.74, 6) is 5.48. The number of aromatic nitrogens is 1. The molecule has 5 N–H and O–H groups in total. The van der Waals surface area contributed by atoms with Gasteiger partial charge < -0.3 is 15.5 Å². The maximum Gasteiger partial charge on any atom is 0.292 e. The molecule has 0 saturated carbocycles. The minimum absolute atomic E-state index is 0.251. The van der Waals surface area contributed by atoms with Crippen LogP contribution >= 0.6 is 0 Å². The molecule has 2 aromatic rings. The van der Waals surface area contributed by atoms with Crippen LogP contribution in [0.15, 0.2) is 16.9 Å². The van der Waals surface area contributed by atoms with E-state index in [9.17, 15) is 9.90 Å². The molecule has 0 unspecified atom stereocenters. The third-order valence-electron chi connectivity index (χ3n) is 2.72. The molecule has 0 aliphatic heterocycles. The Balaban J connectivity index is 2.51. The molecule has 0 amide bonds. The monoisotopic (exact) mass is 203 g/mol. The number of anilines is 1. The molecule has 1 aromatic carbocycles. The van der Waals surface area contributed by atoms with Crippen molar-refractivity contribution in [2.24, 2.45) is 5.84 Å². The normalized spacial score (nSPS) is 12.6. The quantitative estimate of drug-likeness (QED) is 0.341. The second-order valence-electron chi connectivity index (χ2n) is 3.67. The Bertz CT molecular complexity index is 631. The van der Waals surface area contributed by atoms with Crippen LogP contribution < -0.4 is 16.8 Å². The average molecular weight is 203 g/mol. The number of hydrogen-bond donors (Lipinski definition) is 4. The summed E-state index contributed by atoms with van der Waals surface area (Å²) in [7, 11) is 0. The van der Waals surface area contributed by atoms with Crippen molar-refractivity contribution in [3.8, 4) is 5.75 Å². The standard InChI is InChI=1S/C10H9N3O2/c11-13-9-7-3-5-1-4(5)2-6(7)8(14)10(15)12-9/h2-3,14H,1,11H2,(H2,12,13,15). The van der Waals surface area contributed by atoms with E-state index in [0.717, 1.165) is 11.8 Å². The van der Waals surface area contributed by atoms with Crippen molar-refractivity contribution < 1.29 is 5.11 Å². The summed E-state index contributed by atoms with van der Waals surface area (Å²) in [4.78, 5) is 13.8. The van der Waals surface area contributed by atoms with E-state index >= 15 is 0 Å². The molecule has 76 valence electrons. The lowest BCUT2D eigenvalue weighted by Crippen LogP contribution is -2.15. The highest BCUT2D eigenvalue weighted by atomic mass is 16.3. The molecule has 1 heterocycles. The molecule has 5 heteroatoms. The van der Waals surface area contributed by atoms with E-state index in [1.165, 1.54) is 11.1 Å². The lowest BCUT2D eigenvalue weighted by molar-refractivity contribution is 0.473. The van der Waals surface area contributed by atoms with Gasteiger partial charge in [0, 0.05) is 10.8 Å². The van der Waals surface area contributed by atoms with Crippen molar-refractivity contribution in [1.29, 1.82) is 0 Å². The molecule has 15 heavy (non-hydrogen) atoms. The number of nitrogen functional groups attached to an aromatic ring is 1. The third-order valence-corrected chi connectivity index (χ3v) is 2.72. The molecule has 1 aliphatic carbocycles. The van der Waals surface area contributed by atoms with Gasteiger partial charge in [-0.3, -0.25) is 4.79 Å². The van der Waals surface area contributed by atoms with Crippen LogP contribution in [0.4, 0.5) is 5.82 Å². The number of nitrogens with two attached hydrogens (primary N) is 1. The number of benzene rings is 1. The number of nitrogens with one attached hydrogen (secondary N) is 2. The maximum absolute atomic E-state index is 11.3. The van der Waals surface area contributed by atoms with E-state index < -0.39 is 5.56 Å². The zero-order chi connectivity index (χ0) is 10.6. The van der Waals surface area contributed by atoms with E-state index in [4.69, 9.17) is 5.84 Å². The molecule has 3 rings (SSSR count). The van der Waals surface area contributed by atoms with Gasteiger partial charge in [0.1, 0.15) is 5.82 Å². The Hall–Kier alpha value is -2.01. The second kappa shape index (κ2) is 2.52. The van der Waals surface area contributed by atoms with Crippen LogP contribution in [0.5, 0.6) is 5.75 Å². The first-order valence-electron chi connectivity index (χ1n) is 4.58. The topological polar surface area (TPSA) is 91.1 Å². The zero-order valence-electron chi connectivity index (χ0n) is 7.79. The Labute approximate surface area is 84.5 Å². The fourth-order valence-corrected chi connectivity index (χ4v) is 1.83. The first kappa shape index (κ1) is 8.31. The van der Waals surface area contributed by atoms with Crippen LogP contribution in [0.3, 0.4) is 0 Å². The molecule has 0 fully saturated rings. The summed E-state index contributed by atoms with van der Waals surface area (Å²) in [5.41, 5.74) is 4.29. The highest BCUT2D eigenvalue weighted by Crippen LogP contribution is 2.36. The van der Waals surface area contributed by atoms with Crippen LogP contribution in [-0.2, 0) is 6.42 Å². The number of pyridine rings is 1. The fourth-order valence-electron chi connectivity index (χ4n) is 1.83. The van der Waals surface area contributed by atoms with Crippen LogP contribution in [0.1, 0.15) is 11.1 Å². The van der Waals surface area contributed by atoms with Crippen LogP contribution in [-0.4, -0.2) is 10.1 Å². The Morgan fingerprint density at radius 3 is 2.67 bits per heavy atom. The summed E-state index contributed by atoms with van der Waals surface area (Å²) in [6, 6.07) is 3.76.